The maximum Gasteiger partial charge on any atom is 0.235 e. The molecule has 2 heterocycles. The van der Waals surface area contributed by atoms with Crippen molar-refractivity contribution in [1.29, 1.82) is 0 Å². The first-order valence-electron chi connectivity index (χ1n) is 8.57. The molecular weight excluding hydrogens is 390 g/mol. The highest BCUT2D eigenvalue weighted by molar-refractivity contribution is 7.93. The fourth-order valence-corrected chi connectivity index (χ4v) is 4.05. The third-order valence-corrected chi connectivity index (χ3v) is 6.20. The second kappa shape index (κ2) is 7.63. The summed E-state index contributed by atoms with van der Waals surface area (Å²) in [6.07, 6.45) is 4.89. The smallest absolute Gasteiger partial charge is 0.235 e. The zero-order valence-corrected chi connectivity index (χ0v) is 16.0. The molecule has 0 aliphatic rings. The van der Waals surface area contributed by atoms with Crippen molar-refractivity contribution < 1.29 is 22.0 Å². The highest BCUT2D eigenvalue weighted by atomic mass is 32.2. The van der Waals surface area contributed by atoms with E-state index in [-0.39, 0.29) is 5.56 Å². The van der Waals surface area contributed by atoms with E-state index in [1.54, 1.807) is 0 Å². The number of rotatable bonds is 7. The van der Waals surface area contributed by atoms with Crippen molar-refractivity contribution in [2.24, 2.45) is 0 Å². The van der Waals surface area contributed by atoms with Crippen LogP contribution >= 0.6 is 0 Å². The van der Waals surface area contributed by atoms with Crippen molar-refractivity contribution in [2.45, 2.75) is 31.9 Å². The normalized spacial score (nSPS) is 12.9. The van der Waals surface area contributed by atoms with E-state index in [1.165, 1.54) is 25.6 Å². The Hall–Kier alpha value is -2.88. The Kier molecular flexibility index (Phi) is 5.41. The zero-order valence-electron chi connectivity index (χ0n) is 15.2. The number of ketones is 1. The second-order valence-corrected chi connectivity index (χ2v) is 8.45. The number of H-pyrrole nitrogens is 1. The van der Waals surface area contributed by atoms with Crippen LogP contribution in [0.2, 0.25) is 0 Å². The molecule has 3 aromatic rings. The molecule has 148 valence electrons. The lowest BCUT2D eigenvalue weighted by Gasteiger charge is -2.15. The summed E-state index contributed by atoms with van der Waals surface area (Å²) in [7, 11) is -3.89. The molecule has 0 bridgehead atoms. The molecule has 2 N–H and O–H groups in total. The Morgan fingerprint density at radius 2 is 2.07 bits per heavy atom. The van der Waals surface area contributed by atoms with Gasteiger partial charge in [0.25, 0.3) is 0 Å². The molecule has 28 heavy (non-hydrogen) atoms. The summed E-state index contributed by atoms with van der Waals surface area (Å²) in [5, 5.41) is -0.472. The summed E-state index contributed by atoms with van der Waals surface area (Å²) in [6.45, 7) is 3.32. The van der Waals surface area contributed by atoms with Crippen LogP contribution in [0.3, 0.4) is 0 Å². The molecule has 1 unspecified atom stereocenters. The molecular formula is C18H18F2N4O3S. The Balaban J connectivity index is 2.03. The van der Waals surface area contributed by atoms with Crippen molar-refractivity contribution in [3.63, 3.8) is 0 Å². The number of carbonyl (C=O) groups is 1. The predicted octanol–water partition coefficient (Wildman–Crippen LogP) is 3.40. The first-order valence-corrected chi connectivity index (χ1v) is 10.1. The average molecular weight is 408 g/mol. The summed E-state index contributed by atoms with van der Waals surface area (Å²) < 4.78 is 56.0. The van der Waals surface area contributed by atoms with Gasteiger partial charge in [-0.15, -0.1) is 0 Å². The Labute approximate surface area is 160 Å². The van der Waals surface area contributed by atoms with Crippen LogP contribution in [-0.2, 0) is 10.0 Å². The predicted molar refractivity (Wildman–Crippen MR) is 101 cm³/mol. The number of aromatic nitrogens is 3. The highest BCUT2D eigenvalue weighted by Gasteiger charge is 2.27. The molecule has 1 aromatic carbocycles. The van der Waals surface area contributed by atoms with E-state index in [0.717, 1.165) is 12.1 Å². The standard InChI is InChI=1S/C18H18F2N4O3S/c1-3-4-10(2)28(26,27)24-14-6-5-13(19)15(16(14)20)17(25)11-8-22-18-12(11)7-21-9-23-18/h5-10,24H,3-4H2,1-2H3,(H,21,22,23). The molecule has 0 radical (unpaired) electrons. The van der Waals surface area contributed by atoms with Crippen LogP contribution in [0.5, 0.6) is 0 Å². The van der Waals surface area contributed by atoms with Crippen LogP contribution in [0.15, 0.2) is 30.9 Å². The molecule has 7 nitrogen and oxygen atoms in total. The topological polar surface area (TPSA) is 105 Å². The summed E-state index contributed by atoms with van der Waals surface area (Å²) in [5.41, 5.74) is -1.02. The van der Waals surface area contributed by atoms with Gasteiger partial charge in [-0.05, 0) is 25.5 Å². The number of halogens is 2. The van der Waals surface area contributed by atoms with Crippen molar-refractivity contribution in [3.05, 3.63) is 53.6 Å². The largest absolute Gasteiger partial charge is 0.345 e. The van der Waals surface area contributed by atoms with Gasteiger partial charge in [0.1, 0.15) is 17.8 Å². The van der Waals surface area contributed by atoms with E-state index >= 15 is 0 Å². The third kappa shape index (κ3) is 3.59. The Morgan fingerprint density at radius 1 is 1.32 bits per heavy atom. The minimum atomic E-state index is -3.89. The van der Waals surface area contributed by atoms with Crippen LogP contribution < -0.4 is 4.72 Å². The lowest BCUT2D eigenvalue weighted by molar-refractivity contribution is 0.103. The average Bonchev–Trinajstić information content (AvgIpc) is 3.08. The number of benzene rings is 1. The lowest BCUT2D eigenvalue weighted by atomic mass is 10.0. The van der Waals surface area contributed by atoms with Crippen LogP contribution in [0.25, 0.3) is 11.0 Å². The van der Waals surface area contributed by atoms with E-state index < -0.39 is 43.9 Å². The maximum atomic E-state index is 14.9. The van der Waals surface area contributed by atoms with Gasteiger partial charge in [-0.2, -0.15) is 0 Å². The number of hydrogen-bond acceptors (Lipinski definition) is 5. The molecule has 3 rings (SSSR count). The van der Waals surface area contributed by atoms with Crippen molar-refractivity contribution in [1.82, 2.24) is 15.0 Å². The molecule has 0 fully saturated rings. The van der Waals surface area contributed by atoms with Gasteiger partial charge in [-0.3, -0.25) is 9.52 Å². The van der Waals surface area contributed by atoms with E-state index in [2.05, 4.69) is 19.7 Å². The number of nitrogens with zero attached hydrogens (tertiary/aromatic N) is 2. The lowest BCUT2D eigenvalue weighted by Crippen LogP contribution is -2.26. The molecule has 10 heteroatoms. The van der Waals surface area contributed by atoms with Crippen LogP contribution in [0.1, 0.15) is 42.6 Å². The molecule has 0 aliphatic heterocycles. The summed E-state index contributed by atoms with van der Waals surface area (Å²) in [5.74, 6) is -3.32. The Morgan fingerprint density at radius 3 is 2.79 bits per heavy atom. The molecule has 0 saturated carbocycles. The van der Waals surface area contributed by atoms with E-state index in [4.69, 9.17) is 0 Å². The van der Waals surface area contributed by atoms with Gasteiger partial charge < -0.3 is 4.98 Å². The molecule has 0 saturated heterocycles. The minimum absolute atomic E-state index is 0.0206. The molecule has 2 aromatic heterocycles. The van der Waals surface area contributed by atoms with Gasteiger partial charge in [0.2, 0.25) is 15.8 Å². The van der Waals surface area contributed by atoms with Gasteiger partial charge in [0, 0.05) is 17.8 Å². The van der Waals surface area contributed by atoms with Crippen LogP contribution in [0.4, 0.5) is 14.5 Å². The number of fused-ring (bicyclic) bond motifs is 1. The monoisotopic (exact) mass is 408 g/mol. The number of sulfonamides is 1. The van der Waals surface area contributed by atoms with Crippen LogP contribution in [-0.4, -0.2) is 34.4 Å². The van der Waals surface area contributed by atoms with Crippen molar-refractivity contribution in [2.75, 3.05) is 4.72 Å². The first kappa shape index (κ1) is 19.9. The SMILES string of the molecule is CCCC(C)S(=O)(=O)Nc1ccc(F)c(C(=O)c2c[nH]c3ncncc23)c1F. The molecule has 0 aliphatic carbocycles. The van der Waals surface area contributed by atoms with Crippen molar-refractivity contribution >= 4 is 32.5 Å². The van der Waals surface area contributed by atoms with Gasteiger partial charge in [-0.25, -0.2) is 27.2 Å². The molecule has 0 amide bonds. The van der Waals surface area contributed by atoms with Gasteiger partial charge in [0.15, 0.2) is 5.82 Å². The van der Waals surface area contributed by atoms with Crippen LogP contribution in [0, 0.1) is 11.6 Å². The number of nitrogens with one attached hydrogen (secondary N) is 2. The highest BCUT2D eigenvalue weighted by Crippen LogP contribution is 2.27. The number of anilines is 1. The minimum Gasteiger partial charge on any atom is -0.345 e. The quantitative estimate of drug-likeness (QED) is 0.583. The first-order chi connectivity index (χ1) is 13.3. The summed E-state index contributed by atoms with van der Waals surface area (Å²) in [6, 6.07) is 1.81. The maximum absolute atomic E-state index is 14.9. The number of carbonyl (C=O) groups excluding carboxylic acids is 1. The summed E-state index contributed by atoms with van der Waals surface area (Å²) in [4.78, 5) is 23.3. The molecule has 0 spiro atoms. The zero-order chi connectivity index (χ0) is 20.5. The summed E-state index contributed by atoms with van der Waals surface area (Å²) >= 11 is 0. The number of hydrogen-bond donors (Lipinski definition) is 2. The second-order valence-electron chi connectivity index (χ2n) is 6.35. The van der Waals surface area contributed by atoms with E-state index in [9.17, 15) is 22.0 Å². The number of aromatic amines is 1. The van der Waals surface area contributed by atoms with Crippen molar-refractivity contribution in [3.8, 4) is 0 Å². The molecule has 1 atom stereocenters. The van der Waals surface area contributed by atoms with Gasteiger partial charge in [0.05, 0.1) is 22.1 Å². The van der Waals surface area contributed by atoms with E-state index in [0.29, 0.717) is 23.9 Å². The third-order valence-electron chi connectivity index (χ3n) is 4.40. The fourth-order valence-electron chi connectivity index (χ4n) is 2.84. The Bertz CT molecular complexity index is 1140. The fraction of sp³-hybridized carbons (Fsp3) is 0.278. The van der Waals surface area contributed by atoms with Gasteiger partial charge >= 0.3 is 0 Å². The van der Waals surface area contributed by atoms with E-state index in [1.807, 2.05) is 6.92 Å². The van der Waals surface area contributed by atoms with Gasteiger partial charge in [-0.1, -0.05) is 13.3 Å².